The molecule has 0 spiro atoms. The maximum absolute atomic E-state index is 3.90. The van der Waals surface area contributed by atoms with Crippen molar-refractivity contribution in [1.82, 2.24) is 5.32 Å². The Balaban J connectivity index is 1.74. The van der Waals surface area contributed by atoms with Crippen molar-refractivity contribution in [1.29, 1.82) is 0 Å². The molecule has 0 aromatic rings. The van der Waals surface area contributed by atoms with E-state index in [0.717, 1.165) is 18.0 Å². The van der Waals surface area contributed by atoms with Gasteiger partial charge in [0, 0.05) is 17.8 Å². The average Bonchev–Trinajstić information content (AvgIpc) is 2.59. The Morgan fingerprint density at radius 1 is 1.00 bits per heavy atom. The van der Waals surface area contributed by atoms with Crippen molar-refractivity contribution in [2.45, 2.75) is 70.4 Å². The van der Waals surface area contributed by atoms with Gasteiger partial charge in [0.25, 0.3) is 0 Å². The summed E-state index contributed by atoms with van der Waals surface area (Å²) < 4.78 is 0. The Bertz CT molecular complexity index is 181. The van der Waals surface area contributed by atoms with E-state index in [4.69, 9.17) is 0 Å². The Morgan fingerprint density at radius 2 is 1.75 bits per heavy atom. The molecule has 1 aliphatic heterocycles. The summed E-state index contributed by atoms with van der Waals surface area (Å²) in [6, 6.07) is 1.55. The van der Waals surface area contributed by atoms with Gasteiger partial charge in [-0.15, -0.1) is 0 Å². The predicted molar refractivity (Wildman–Crippen MR) is 74.1 cm³/mol. The molecule has 0 aromatic carbocycles. The van der Waals surface area contributed by atoms with Crippen molar-refractivity contribution in [3.8, 4) is 0 Å². The van der Waals surface area contributed by atoms with Crippen molar-refractivity contribution < 1.29 is 0 Å². The van der Waals surface area contributed by atoms with Crippen LogP contribution in [0.15, 0.2) is 0 Å². The van der Waals surface area contributed by atoms with Crippen LogP contribution in [0.3, 0.4) is 0 Å². The number of thioether (sulfide) groups is 1. The Morgan fingerprint density at radius 3 is 2.38 bits per heavy atom. The maximum Gasteiger partial charge on any atom is 0.0161 e. The van der Waals surface area contributed by atoms with Crippen molar-refractivity contribution in [2.75, 3.05) is 11.5 Å². The van der Waals surface area contributed by atoms with Crippen LogP contribution in [0, 0.1) is 5.92 Å². The molecular formula is C14H27NS. The highest BCUT2D eigenvalue weighted by atomic mass is 32.2. The zero-order valence-electron chi connectivity index (χ0n) is 10.7. The summed E-state index contributed by atoms with van der Waals surface area (Å²) >= 11 is 2.13. The monoisotopic (exact) mass is 241 g/mol. The van der Waals surface area contributed by atoms with Gasteiger partial charge in [-0.25, -0.2) is 0 Å². The van der Waals surface area contributed by atoms with Crippen LogP contribution < -0.4 is 5.32 Å². The van der Waals surface area contributed by atoms with Crippen LogP contribution in [0.5, 0.6) is 0 Å². The summed E-state index contributed by atoms with van der Waals surface area (Å²) in [5.74, 6) is 3.68. The molecule has 0 bridgehead atoms. The molecule has 1 nitrogen and oxygen atoms in total. The molecule has 2 aliphatic rings. The first kappa shape index (κ1) is 12.8. The van der Waals surface area contributed by atoms with Crippen molar-refractivity contribution >= 4 is 11.8 Å². The molecule has 0 radical (unpaired) electrons. The van der Waals surface area contributed by atoms with Crippen molar-refractivity contribution in [3.05, 3.63) is 0 Å². The van der Waals surface area contributed by atoms with Gasteiger partial charge in [-0.1, -0.05) is 25.7 Å². The normalized spacial score (nSPS) is 30.9. The summed E-state index contributed by atoms with van der Waals surface area (Å²) in [5.41, 5.74) is 0. The van der Waals surface area contributed by atoms with E-state index in [1.807, 2.05) is 0 Å². The minimum absolute atomic E-state index is 0.752. The van der Waals surface area contributed by atoms with E-state index >= 15 is 0 Å². The lowest BCUT2D eigenvalue weighted by Gasteiger charge is -2.30. The van der Waals surface area contributed by atoms with E-state index in [1.54, 1.807) is 0 Å². The topological polar surface area (TPSA) is 12.0 Å². The largest absolute Gasteiger partial charge is 0.310 e. The SMILES string of the molecule is C[C@@H](NC1CCCSC1)C1CCCCCC1. The molecule has 2 fully saturated rings. The van der Waals surface area contributed by atoms with Crippen molar-refractivity contribution in [2.24, 2.45) is 5.92 Å². The first-order valence-corrected chi connectivity index (χ1v) is 8.35. The van der Waals surface area contributed by atoms with Gasteiger partial charge >= 0.3 is 0 Å². The van der Waals surface area contributed by atoms with Crippen LogP contribution in [0.1, 0.15) is 58.3 Å². The van der Waals surface area contributed by atoms with Gasteiger partial charge in [0.15, 0.2) is 0 Å². The maximum atomic E-state index is 3.90. The highest BCUT2D eigenvalue weighted by Crippen LogP contribution is 2.26. The van der Waals surface area contributed by atoms with Gasteiger partial charge in [-0.3, -0.25) is 0 Å². The number of hydrogen-bond acceptors (Lipinski definition) is 2. The van der Waals surface area contributed by atoms with Gasteiger partial charge in [0.1, 0.15) is 0 Å². The van der Waals surface area contributed by atoms with Gasteiger partial charge in [-0.2, -0.15) is 11.8 Å². The Kier molecular flexibility index (Phi) is 5.51. The standard InChI is InChI=1S/C14H27NS/c1-12(13-7-4-2-3-5-8-13)15-14-9-6-10-16-11-14/h12-15H,2-11H2,1H3/t12-,14?/m1/s1. The fraction of sp³-hybridized carbons (Fsp3) is 1.00. The number of hydrogen-bond donors (Lipinski definition) is 1. The lowest BCUT2D eigenvalue weighted by Crippen LogP contribution is -2.43. The van der Waals surface area contributed by atoms with E-state index in [1.165, 1.54) is 62.9 Å². The second-order valence-electron chi connectivity index (χ2n) is 5.62. The molecular weight excluding hydrogens is 214 g/mol. The molecule has 94 valence electrons. The summed E-state index contributed by atoms with van der Waals surface area (Å²) in [6.45, 7) is 2.43. The average molecular weight is 241 g/mol. The highest BCUT2D eigenvalue weighted by molar-refractivity contribution is 7.99. The first-order chi connectivity index (χ1) is 7.86. The lowest BCUT2D eigenvalue weighted by atomic mass is 9.92. The van der Waals surface area contributed by atoms with E-state index in [-0.39, 0.29) is 0 Å². The third-order valence-corrected chi connectivity index (χ3v) is 5.48. The predicted octanol–water partition coefficient (Wildman–Crippen LogP) is 3.83. The molecule has 1 N–H and O–H groups in total. The molecule has 2 rings (SSSR count). The minimum atomic E-state index is 0.752. The third kappa shape index (κ3) is 3.96. The molecule has 1 heterocycles. The molecule has 1 aliphatic carbocycles. The van der Waals surface area contributed by atoms with Gasteiger partial charge in [-0.05, 0) is 44.3 Å². The van der Waals surface area contributed by atoms with Crippen LogP contribution >= 0.6 is 11.8 Å². The molecule has 16 heavy (non-hydrogen) atoms. The van der Waals surface area contributed by atoms with Crippen LogP contribution in [0.4, 0.5) is 0 Å². The first-order valence-electron chi connectivity index (χ1n) is 7.20. The van der Waals surface area contributed by atoms with Gasteiger partial charge < -0.3 is 5.32 Å². The van der Waals surface area contributed by atoms with Gasteiger partial charge in [0.05, 0.1) is 0 Å². The van der Waals surface area contributed by atoms with Crippen LogP contribution in [0.25, 0.3) is 0 Å². The van der Waals surface area contributed by atoms with Crippen molar-refractivity contribution in [3.63, 3.8) is 0 Å². The van der Waals surface area contributed by atoms with Crippen LogP contribution in [-0.2, 0) is 0 Å². The number of rotatable bonds is 3. The smallest absolute Gasteiger partial charge is 0.0161 e. The fourth-order valence-electron chi connectivity index (χ4n) is 3.19. The quantitative estimate of drug-likeness (QED) is 0.754. The summed E-state index contributed by atoms with van der Waals surface area (Å²) in [4.78, 5) is 0. The molecule has 1 saturated heterocycles. The highest BCUT2D eigenvalue weighted by Gasteiger charge is 2.22. The molecule has 1 unspecified atom stereocenters. The molecule has 0 amide bonds. The zero-order chi connectivity index (χ0) is 11.2. The van der Waals surface area contributed by atoms with Crippen LogP contribution in [-0.4, -0.2) is 23.6 Å². The summed E-state index contributed by atoms with van der Waals surface area (Å²) in [5, 5.41) is 3.90. The summed E-state index contributed by atoms with van der Waals surface area (Å²) in [7, 11) is 0. The molecule has 1 saturated carbocycles. The van der Waals surface area contributed by atoms with E-state index < -0.39 is 0 Å². The van der Waals surface area contributed by atoms with E-state index in [0.29, 0.717) is 0 Å². The van der Waals surface area contributed by atoms with E-state index in [9.17, 15) is 0 Å². The lowest BCUT2D eigenvalue weighted by molar-refractivity contribution is 0.309. The minimum Gasteiger partial charge on any atom is -0.310 e. The second kappa shape index (κ2) is 6.90. The molecule has 2 atom stereocenters. The molecule has 0 aromatic heterocycles. The fourth-order valence-corrected chi connectivity index (χ4v) is 4.28. The third-order valence-electron chi connectivity index (χ3n) is 4.27. The second-order valence-corrected chi connectivity index (χ2v) is 6.77. The number of nitrogens with one attached hydrogen (secondary N) is 1. The Labute approximate surface area is 105 Å². The summed E-state index contributed by atoms with van der Waals surface area (Å²) in [6.07, 6.45) is 11.6. The molecule has 2 heteroatoms. The van der Waals surface area contributed by atoms with E-state index in [2.05, 4.69) is 24.0 Å². The zero-order valence-corrected chi connectivity index (χ0v) is 11.5. The van der Waals surface area contributed by atoms with Gasteiger partial charge in [0.2, 0.25) is 0 Å². The van der Waals surface area contributed by atoms with Crippen LogP contribution in [0.2, 0.25) is 0 Å². The Hall–Kier alpha value is 0.310.